The van der Waals surface area contributed by atoms with Crippen molar-refractivity contribution < 1.29 is 23.9 Å². The van der Waals surface area contributed by atoms with Gasteiger partial charge in [-0.25, -0.2) is 4.79 Å². The zero-order valence-electron chi connectivity index (χ0n) is 28.5. The summed E-state index contributed by atoms with van der Waals surface area (Å²) >= 11 is 0. The molecule has 6 rings (SSSR count). The van der Waals surface area contributed by atoms with E-state index in [1.165, 1.54) is 0 Å². The summed E-state index contributed by atoms with van der Waals surface area (Å²) < 4.78 is 5.47. The maximum Gasteiger partial charge on any atom is 0.338 e. The number of carbonyl (C=O) groups is 4. The number of carbonyl (C=O) groups excluding carboxylic acids is 4. The van der Waals surface area contributed by atoms with Crippen molar-refractivity contribution in [2.75, 3.05) is 0 Å². The highest BCUT2D eigenvalue weighted by Gasteiger charge is 2.51. The van der Waals surface area contributed by atoms with Gasteiger partial charge >= 0.3 is 5.97 Å². The van der Waals surface area contributed by atoms with Gasteiger partial charge in [0.1, 0.15) is 23.7 Å². The quantitative estimate of drug-likeness (QED) is 0.296. The van der Waals surface area contributed by atoms with Gasteiger partial charge in [0.15, 0.2) is 0 Å². The molecule has 3 amide bonds. The van der Waals surface area contributed by atoms with Gasteiger partial charge in [0.2, 0.25) is 17.7 Å². The molecular formula is C40H44N4O5. The Hall–Kier alpha value is -4.97. The second kappa shape index (κ2) is 14.3. The molecule has 1 saturated carbocycles. The number of nitriles is 1. The Morgan fingerprint density at radius 2 is 1.59 bits per heavy atom. The first kappa shape index (κ1) is 33.9. The molecule has 9 heteroatoms. The number of piperazine rings is 1. The van der Waals surface area contributed by atoms with Crippen molar-refractivity contribution in [3.05, 3.63) is 106 Å². The predicted octanol–water partition coefficient (Wildman–Crippen LogP) is 6.01. The summed E-state index contributed by atoms with van der Waals surface area (Å²) in [6.45, 7) is 5.94. The number of amides is 3. The number of hydrogen-bond donors (Lipinski definition) is 1. The number of ether oxygens (including phenoxy) is 1. The molecule has 9 nitrogen and oxygen atoms in total. The van der Waals surface area contributed by atoms with Crippen LogP contribution in [0.4, 0.5) is 0 Å². The second-order valence-corrected chi connectivity index (χ2v) is 14.5. The number of fused-ring (bicyclic) bond motifs is 2. The minimum atomic E-state index is -1.09. The Labute approximate surface area is 288 Å². The normalized spacial score (nSPS) is 20.1. The van der Waals surface area contributed by atoms with E-state index in [9.17, 15) is 24.4 Å². The van der Waals surface area contributed by atoms with E-state index < -0.39 is 35.6 Å². The van der Waals surface area contributed by atoms with Gasteiger partial charge in [0.05, 0.1) is 17.2 Å². The summed E-state index contributed by atoms with van der Waals surface area (Å²) in [5, 5.41) is 12.5. The lowest BCUT2D eigenvalue weighted by molar-refractivity contribution is -0.169. The maximum absolute atomic E-state index is 14.7. The van der Waals surface area contributed by atoms with Crippen molar-refractivity contribution >= 4 is 23.7 Å². The van der Waals surface area contributed by atoms with Crippen LogP contribution in [-0.4, -0.2) is 51.2 Å². The van der Waals surface area contributed by atoms with E-state index >= 15 is 0 Å². The summed E-state index contributed by atoms with van der Waals surface area (Å²) in [5.74, 6) is -0.921. The lowest BCUT2D eigenvalue weighted by atomic mass is 9.81. The number of nitrogens with one attached hydrogen (secondary N) is 1. The standard InChI is InChI=1S/C40H44N4O5/c1-40(2,3)49-39(48)30-19-15-28(16-20-30)24-42-36(45)35(29-17-13-27(23-41)14-18-29)44-34(21-26-9-5-4-6-10-26)37(46)43-25-32-12-8-7-11-31(32)22-33(43)38(44)47/h7-8,11-20,26,33-35H,4-6,9-10,21-22,24-25H2,1-3H3,(H,42,45). The molecule has 3 aliphatic rings. The van der Waals surface area contributed by atoms with Crippen LogP contribution >= 0.6 is 0 Å². The highest BCUT2D eigenvalue weighted by atomic mass is 16.6. The Balaban J connectivity index is 1.32. The van der Waals surface area contributed by atoms with Crippen LogP contribution in [0.2, 0.25) is 0 Å². The van der Waals surface area contributed by atoms with Crippen molar-refractivity contribution in [1.82, 2.24) is 15.1 Å². The van der Waals surface area contributed by atoms with Crippen LogP contribution in [0.3, 0.4) is 0 Å². The first-order chi connectivity index (χ1) is 23.5. The van der Waals surface area contributed by atoms with E-state index in [-0.39, 0.29) is 24.3 Å². The van der Waals surface area contributed by atoms with Gasteiger partial charge in [0.25, 0.3) is 0 Å². The maximum atomic E-state index is 14.7. The SMILES string of the molecule is CC(C)(C)OC(=O)c1ccc(CNC(=O)C(c2ccc(C#N)cc2)N2C(=O)C3Cc4ccccc4CN3C(=O)C2CC2CCCCC2)cc1. The molecule has 2 fully saturated rings. The second-order valence-electron chi connectivity index (χ2n) is 14.5. The highest BCUT2D eigenvalue weighted by Crippen LogP contribution is 2.39. The molecule has 3 unspecified atom stereocenters. The first-order valence-electron chi connectivity index (χ1n) is 17.3. The van der Waals surface area contributed by atoms with Crippen LogP contribution in [0.1, 0.15) is 104 Å². The van der Waals surface area contributed by atoms with Crippen molar-refractivity contribution in [1.29, 1.82) is 5.26 Å². The molecule has 0 aromatic heterocycles. The average Bonchev–Trinajstić information content (AvgIpc) is 3.10. The lowest BCUT2D eigenvalue weighted by Gasteiger charge is -2.50. The molecule has 1 aliphatic carbocycles. The fraction of sp³-hybridized carbons (Fsp3) is 0.425. The van der Waals surface area contributed by atoms with Gasteiger partial charge < -0.3 is 19.9 Å². The number of nitrogens with zero attached hydrogens (tertiary/aromatic N) is 3. The number of hydrogen-bond acceptors (Lipinski definition) is 6. The molecule has 1 N–H and O–H groups in total. The number of esters is 1. The molecule has 2 heterocycles. The minimum absolute atomic E-state index is 0.117. The third-order valence-electron chi connectivity index (χ3n) is 9.91. The molecule has 3 aromatic rings. The first-order valence-corrected chi connectivity index (χ1v) is 17.3. The third kappa shape index (κ3) is 7.54. The Bertz CT molecular complexity index is 1750. The number of benzene rings is 3. The zero-order chi connectivity index (χ0) is 34.7. The van der Waals surface area contributed by atoms with Gasteiger partial charge in [-0.15, -0.1) is 0 Å². The van der Waals surface area contributed by atoms with Crippen LogP contribution in [-0.2, 0) is 38.6 Å². The van der Waals surface area contributed by atoms with Crippen molar-refractivity contribution in [3.8, 4) is 6.07 Å². The van der Waals surface area contributed by atoms with Crippen LogP contribution in [0.5, 0.6) is 0 Å². The Morgan fingerprint density at radius 1 is 0.918 bits per heavy atom. The van der Waals surface area contributed by atoms with E-state index in [0.717, 1.165) is 48.8 Å². The summed E-state index contributed by atoms with van der Waals surface area (Å²) in [4.78, 5) is 59.5. The molecule has 3 atom stereocenters. The van der Waals surface area contributed by atoms with E-state index in [4.69, 9.17) is 4.74 Å². The molecule has 49 heavy (non-hydrogen) atoms. The van der Waals surface area contributed by atoms with Gasteiger partial charge in [-0.2, -0.15) is 5.26 Å². The average molecular weight is 661 g/mol. The summed E-state index contributed by atoms with van der Waals surface area (Å²) in [6, 6.07) is 21.0. The fourth-order valence-corrected chi connectivity index (χ4v) is 7.43. The highest BCUT2D eigenvalue weighted by molar-refractivity contribution is 6.00. The van der Waals surface area contributed by atoms with E-state index in [1.807, 2.05) is 45.0 Å². The Kier molecular flexibility index (Phi) is 9.86. The lowest BCUT2D eigenvalue weighted by Crippen LogP contribution is -2.67. The molecule has 3 aromatic carbocycles. The van der Waals surface area contributed by atoms with Gasteiger partial charge in [-0.05, 0) is 79.6 Å². The van der Waals surface area contributed by atoms with E-state index in [1.54, 1.807) is 58.3 Å². The largest absolute Gasteiger partial charge is 0.456 e. The zero-order valence-corrected chi connectivity index (χ0v) is 28.5. The van der Waals surface area contributed by atoms with Crippen LogP contribution in [0.25, 0.3) is 0 Å². The summed E-state index contributed by atoms with van der Waals surface area (Å²) in [6.07, 6.45) is 6.21. The molecule has 2 aliphatic heterocycles. The molecule has 0 bridgehead atoms. The third-order valence-corrected chi connectivity index (χ3v) is 9.91. The van der Waals surface area contributed by atoms with Crippen LogP contribution in [0.15, 0.2) is 72.8 Å². The van der Waals surface area contributed by atoms with Crippen molar-refractivity contribution in [3.63, 3.8) is 0 Å². The van der Waals surface area contributed by atoms with Gasteiger partial charge in [0, 0.05) is 19.5 Å². The van der Waals surface area contributed by atoms with Crippen molar-refractivity contribution in [2.45, 2.75) is 103 Å². The summed E-state index contributed by atoms with van der Waals surface area (Å²) in [7, 11) is 0. The molecule has 1 saturated heterocycles. The monoisotopic (exact) mass is 660 g/mol. The number of rotatable bonds is 8. The predicted molar refractivity (Wildman–Crippen MR) is 184 cm³/mol. The smallest absolute Gasteiger partial charge is 0.338 e. The van der Waals surface area contributed by atoms with Gasteiger partial charge in [-0.1, -0.05) is 80.6 Å². The van der Waals surface area contributed by atoms with E-state index in [0.29, 0.717) is 36.1 Å². The molecule has 0 radical (unpaired) electrons. The van der Waals surface area contributed by atoms with Gasteiger partial charge in [-0.3, -0.25) is 14.4 Å². The summed E-state index contributed by atoms with van der Waals surface area (Å²) in [5.41, 5.74) is 3.59. The Morgan fingerprint density at radius 3 is 2.24 bits per heavy atom. The fourth-order valence-electron chi connectivity index (χ4n) is 7.43. The molecular weight excluding hydrogens is 616 g/mol. The van der Waals surface area contributed by atoms with Crippen molar-refractivity contribution in [2.24, 2.45) is 5.92 Å². The van der Waals surface area contributed by atoms with Crippen LogP contribution < -0.4 is 5.32 Å². The molecule has 0 spiro atoms. The molecule has 254 valence electrons. The topological polar surface area (TPSA) is 120 Å². The van der Waals surface area contributed by atoms with E-state index in [2.05, 4.69) is 11.4 Å². The van der Waals surface area contributed by atoms with Crippen LogP contribution in [0, 0.1) is 17.2 Å². The minimum Gasteiger partial charge on any atom is -0.456 e.